The molecule has 5 nitrogen and oxygen atoms in total. The molecule has 1 aromatic carbocycles. The van der Waals surface area contributed by atoms with Gasteiger partial charge in [0.1, 0.15) is 0 Å². The number of nitrogens with zero attached hydrogens (tertiary/aromatic N) is 3. The van der Waals surface area contributed by atoms with Gasteiger partial charge in [-0.15, -0.1) is 11.3 Å². The fourth-order valence-electron chi connectivity index (χ4n) is 3.13. The Morgan fingerprint density at radius 3 is 2.78 bits per heavy atom. The number of aromatic nitrogens is 3. The van der Waals surface area contributed by atoms with E-state index in [-0.39, 0.29) is 5.41 Å². The number of amides is 1. The summed E-state index contributed by atoms with van der Waals surface area (Å²) in [5.74, 6) is 0. The lowest BCUT2D eigenvalue weighted by Crippen LogP contribution is -2.33. The van der Waals surface area contributed by atoms with Crippen molar-refractivity contribution < 1.29 is 4.79 Å². The zero-order valence-electron chi connectivity index (χ0n) is 12.2. The zero-order valence-corrected chi connectivity index (χ0v) is 13.0. The number of nitrogens with two attached hydrogens (primary N) is 1. The molecule has 0 saturated heterocycles. The molecule has 6 heteroatoms. The monoisotopic (exact) mass is 322 g/mol. The lowest BCUT2D eigenvalue weighted by molar-refractivity contribution is 0.246. The first-order valence-electron chi connectivity index (χ1n) is 7.21. The Kier molecular flexibility index (Phi) is 3.12. The highest BCUT2D eigenvalue weighted by atomic mass is 32.1. The lowest BCUT2D eigenvalue weighted by atomic mass is 9.72. The first-order chi connectivity index (χ1) is 11.2. The smallest absolute Gasteiger partial charge is 0.339 e. The first-order valence-corrected chi connectivity index (χ1v) is 8.09. The quantitative estimate of drug-likeness (QED) is 0.788. The van der Waals surface area contributed by atoms with E-state index in [0.717, 1.165) is 21.7 Å². The Morgan fingerprint density at radius 2 is 2.09 bits per heavy atom. The third-order valence-corrected chi connectivity index (χ3v) is 5.22. The number of allylic oxidation sites excluding steroid dienone is 1. The molecule has 23 heavy (non-hydrogen) atoms. The van der Waals surface area contributed by atoms with Gasteiger partial charge in [0.05, 0.1) is 22.8 Å². The number of hydrogen-bond donors (Lipinski definition) is 1. The molecule has 1 aliphatic rings. The van der Waals surface area contributed by atoms with E-state index in [9.17, 15) is 4.79 Å². The van der Waals surface area contributed by atoms with Crippen molar-refractivity contribution in [1.29, 1.82) is 0 Å². The van der Waals surface area contributed by atoms with E-state index >= 15 is 0 Å². The lowest BCUT2D eigenvalue weighted by Gasteiger charge is -2.33. The maximum Gasteiger partial charge on any atom is 0.339 e. The van der Waals surface area contributed by atoms with Gasteiger partial charge < -0.3 is 5.73 Å². The summed E-state index contributed by atoms with van der Waals surface area (Å²) in [4.78, 5) is 17.0. The predicted octanol–water partition coefficient (Wildman–Crippen LogP) is 2.82. The van der Waals surface area contributed by atoms with Crippen molar-refractivity contribution in [2.75, 3.05) is 0 Å². The summed E-state index contributed by atoms with van der Waals surface area (Å²) in [7, 11) is 0. The summed E-state index contributed by atoms with van der Waals surface area (Å²) >= 11 is 1.61. The number of carbonyl (C=O) groups excluding carboxylic acids is 1. The number of primary amides is 1. The van der Waals surface area contributed by atoms with Gasteiger partial charge in [-0.2, -0.15) is 9.78 Å². The molecule has 4 rings (SSSR count). The van der Waals surface area contributed by atoms with E-state index in [0.29, 0.717) is 6.42 Å². The molecular formula is C17H14N4OS. The Labute approximate surface area is 137 Å². The van der Waals surface area contributed by atoms with E-state index in [4.69, 9.17) is 5.73 Å². The van der Waals surface area contributed by atoms with Crippen LogP contribution >= 0.6 is 11.3 Å². The van der Waals surface area contributed by atoms with Crippen molar-refractivity contribution in [3.8, 4) is 0 Å². The van der Waals surface area contributed by atoms with Crippen molar-refractivity contribution in [1.82, 2.24) is 14.8 Å². The van der Waals surface area contributed by atoms with Crippen LogP contribution in [0, 0.1) is 0 Å². The normalized spacial score (nSPS) is 19.5. The second-order valence-corrected chi connectivity index (χ2v) is 6.40. The highest BCUT2D eigenvalue weighted by Crippen LogP contribution is 2.42. The molecule has 2 N–H and O–H groups in total. The van der Waals surface area contributed by atoms with Crippen LogP contribution in [0.25, 0.3) is 6.08 Å². The zero-order chi connectivity index (χ0) is 15.9. The van der Waals surface area contributed by atoms with Gasteiger partial charge in [0.15, 0.2) is 0 Å². The predicted molar refractivity (Wildman–Crippen MR) is 89.3 cm³/mol. The number of thiazole rings is 1. The Hall–Kier alpha value is -2.73. The average molecular weight is 322 g/mol. The van der Waals surface area contributed by atoms with E-state index in [1.54, 1.807) is 17.5 Å². The molecule has 0 bridgehead atoms. The van der Waals surface area contributed by atoms with Crippen LogP contribution < -0.4 is 5.73 Å². The van der Waals surface area contributed by atoms with Gasteiger partial charge in [-0.05, 0) is 5.56 Å². The molecule has 1 atom stereocenters. The summed E-state index contributed by atoms with van der Waals surface area (Å²) in [5.41, 5.74) is 9.84. The fourth-order valence-corrected chi connectivity index (χ4v) is 3.95. The van der Waals surface area contributed by atoms with Crippen LogP contribution in [0.1, 0.15) is 21.7 Å². The van der Waals surface area contributed by atoms with Gasteiger partial charge in [0.2, 0.25) is 0 Å². The highest BCUT2D eigenvalue weighted by Gasteiger charge is 2.38. The van der Waals surface area contributed by atoms with Crippen LogP contribution in [0.5, 0.6) is 0 Å². The Morgan fingerprint density at radius 1 is 1.26 bits per heavy atom. The minimum atomic E-state index is -0.562. The minimum absolute atomic E-state index is 0.358. The fraction of sp³-hybridized carbons (Fsp3) is 0.118. The molecule has 0 radical (unpaired) electrons. The Bertz CT molecular complexity index is 883. The second-order valence-electron chi connectivity index (χ2n) is 5.51. The van der Waals surface area contributed by atoms with E-state index in [1.165, 1.54) is 4.68 Å². The molecule has 2 heterocycles. The van der Waals surface area contributed by atoms with Gasteiger partial charge in [-0.3, -0.25) is 4.98 Å². The maximum absolute atomic E-state index is 11.7. The minimum Gasteiger partial charge on any atom is -0.350 e. The summed E-state index contributed by atoms with van der Waals surface area (Å²) in [6.07, 6.45) is 8.37. The van der Waals surface area contributed by atoms with Crippen LogP contribution in [0.3, 0.4) is 0 Å². The van der Waals surface area contributed by atoms with Crippen molar-refractivity contribution in [2.45, 2.75) is 11.8 Å². The van der Waals surface area contributed by atoms with Gasteiger partial charge >= 0.3 is 6.03 Å². The highest BCUT2D eigenvalue weighted by molar-refractivity contribution is 7.09. The van der Waals surface area contributed by atoms with Crippen molar-refractivity contribution in [2.24, 2.45) is 5.73 Å². The number of benzene rings is 1. The average Bonchev–Trinajstić information content (AvgIpc) is 3.24. The van der Waals surface area contributed by atoms with Crippen molar-refractivity contribution in [3.63, 3.8) is 0 Å². The van der Waals surface area contributed by atoms with Crippen molar-refractivity contribution in [3.05, 3.63) is 76.0 Å². The maximum atomic E-state index is 11.7. The molecule has 1 unspecified atom stereocenters. The third-order valence-electron chi connectivity index (χ3n) is 4.26. The van der Waals surface area contributed by atoms with Crippen LogP contribution in [0.2, 0.25) is 0 Å². The molecule has 0 fully saturated rings. The van der Waals surface area contributed by atoms with Crippen LogP contribution in [0.4, 0.5) is 4.79 Å². The second kappa shape index (κ2) is 5.17. The Balaban J connectivity index is 1.92. The number of fused-ring (bicyclic) bond motifs is 1. The summed E-state index contributed by atoms with van der Waals surface area (Å²) in [6, 6.07) is 9.67. The largest absolute Gasteiger partial charge is 0.350 e. The molecule has 2 aromatic heterocycles. The van der Waals surface area contributed by atoms with Crippen LogP contribution in [-0.2, 0) is 11.8 Å². The topological polar surface area (TPSA) is 73.8 Å². The summed E-state index contributed by atoms with van der Waals surface area (Å²) in [6.45, 7) is 0. The van der Waals surface area contributed by atoms with Gasteiger partial charge in [-0.1, -0.05) is 42.5 Å². The number of hydrogen-bond acceptors (Lipinski definition) is 4. The van der Waals surface area contributed by atoms with E-state index in [2.05, 4.69) is 28.3 Å². The van der Waals surface area contributed by atoms with Gasteiger partial charge in [0.25, 0.3) is 0 Å². The SMILES string of the molecule is NC(=O)n1ncc2c1CC(c1ccccc1)(c1cncs1)C=C2. The number of rotatable bonds is 2. The number of carbonyl (C=O) groups is 1. The molecular weight excluding hydrogens is 308 g/mol. The standard InChI is InChI=1S/C17H14N4OS/c18-16(22)21-14-8-17(15-10-19-11-23-15,7-6-12(14)9-20-21)13-4-2-1-3-5-13/h1-7,9-11H,8H2,(H2,18,22). The molecule has 0 aliphatic heterocycles. The first kappa shape index (κ1) is 13.9. The summed E-state index contributed by atoms with van der Waals surface area (Å²) in [5, 5.41) is 4.12. The van der Waals surface area contributed by atoms with E-state index in [1.807, 2.05) is 36.0 Å². The molecule has 0 saturated carbocycles. The molecule has 0 spiro atoms. The van der Waals surface area contributed by atoms with Crippen LogP contribution in [0.15, 0.2) is 54.3 Å². The van der Waals surface area contributed by atoms with Gasteiger partial charge in [-0.25, -0.2) is 4.79 Å². The van der Waals surface area contributed by atoms with Crippen LogP contribution in [-0.4, -0.2) is 20.8 Å². The molecule has 3 aromatic rings. The molecule has 1 amide bonds. The summed E-state index contributed by atoms with van der Waals surface area (Å²) < 4.78 is 1.29. The third kappa shape index (κ3) is 2.10. The van der Waals surface area contributed by atoms with Crippen molar-refractivity contribution >= 4 is 23.4 Å². The molecule has 1 aliphatic carbocycles. The van der Waals surface area contributed by atoms with E-state index < -0.39 is 6.03 Å². The molecule has 114 valence electrons. The van der Waals surface area contributed by atoms with Gasteiger partial charge in [0, 0.05) is 23.1 Å².